The fourth-order valence-corrected chi connectivity index (χ4v) is 0.688. The van der Waals surface area contributed by atoms with Gasteiger partial charge in [0.05, 0.1) is 0 Å². The molecule has 0 aliphatic heterocycles. The minimum Gasteiger partial charge on any atom is -0.405 e. The van der Waals surface area contributed by atoms with Crippen LogP contribution in [0.3, 0.4) is 0 Å². The number of hydrogen-bond acceptors (Lipinski definition) is 2. The first-order valence-electron chi connectivity index (χ1n) is 4.44. The van der Waals surface area contributed by atoms with Gasteiger partial charge in [0.1, 0.15) is 0 Å². The molecule has 0 saturated heterocycles. The van der Waals surface area contributed by atoms with Gasteiger partial charge in [-0.25, -0.2) is 0 Å². The topological polar surface area (TPSA) is 55.1 Å². The molecule has 0 radical (unpaired) electrons. The highest BCUT2D eigenvalue weighted by Gasteiger charge is 2.20. The molecule has 1 amide bonds. The third kappa shape index (κ3) is 4.50. The fourth-order valence-electron chi connectivity index (χ4n) is 0.688. The Morgan fingerprint density at radius 2 is 2.00 bits per heavy atom. The first-order chi connectivity index (χ1) is 6.41. The van der Waals surface area contributed by atoms with Gasteiger partial charge in [-0.15, -0.1) is 0 Å². The molecule has 0 bridgehead atoms. The van der Waals surface area contributed by atoms with Crippen LogP contribution >= 0.6 is 0 Å². The lowest BCUT2D eigenvalue weighted by atomic mass is 9.95. The van der Waals surface area contributed by atoms with Crippen LogP contribution in [0.2, 0.25) is 0 Å². The van der Waals surface area contributed by atoms with E-state index in [4.69, 9.17) is 5.73 Å². The van der Waals surface area contributed by atoms with E-state index in [0.29, 0.717) is 5.70 Å². The van der Waals surface area contributed by atoms with Crippen LogP contribution in [0.4, 0.5) is 0 Å². The number of amides is 1. The lowest BCUT2D eigenvalue weighted by Crippen LogP contribution is -2.33. The van der Waals surface area contributed by atoms with Gasteiger partial charge < -0.3 is 11.1 Å². The molecule has 3 heteroatoms. The highest BCUT2D eigenvalue weighted by atomic mass is 16.2. The van der Waals surface area contributed by atoms with E-state index in [1.165, 1.54) is 6.20 Å². The fraction of sp³-hybridized carbons (Fsp3) is 0.364. The summed E-state index contributed by atoms with van der Waals surface area (Å²) < 4.78 is 0. The number of nitrogens with two attached hydrogens (primary N) is 1. The molecular formula is C11H18N2O. The second kappa shape index (κ2) is 5.27. The Morgan fingerprint density at radius 3 is 2.36 bits per heavy atom. The summed E-state index contributed by atoms with van der Waals surface area (Å²) in [7, 11) is 0. The van der Waals surface area contributed by atoms with E-state index < -0.39 is 5.41 Å². The Kier molecular flexibility index (Phi) is 4.70. The van der Waals surface area contributed by atoms with Gasteiger partial charge in [-0.05, 0) is 18.4 Å². The Hall–Kier alpha value is -1.51. The molecule has 0 saturated carbocycles. The number of nitrogens with one attached hydrogen (secondary N) is 1. The minimum absolute atomic E-state index is 0.0521. The van der Waals surface area contributed by atoms with Crippen LogP contribution in [0.15, 0.2) is 36.7 Å². The summed E-state index contributed by atoms with van der Waals surface area (Å²) in [6.07, 6.45) is 6.27. The maximum absolute atomic E-state index is 11.6. The summed E-state index contributed by atoms with van der Waals surface area (Å²) in [6.45, 7) is 9.09. The van der Waals surface area contributed by atoms with Gasteiger partial charge in [0.15, 0.2) is 0 Å². The summed E-state index contributed by atoms with van der Waals surface area (Å²) in [5.74, 6) is -0.0521. The summed E-state index contributed by atoms with van der Waals surface area (Å²) in [5.41, 5.74) is 5.46. The Bertz CT molecular complexity index is 270. The number of rotatable bonds is 3. The monoisotopic (exact) mass is 194 g/mol. The lowest BCUT2D eigenvalue weighted by Gasteiger charge is -2.17. The lowest BCUT2D eigenvalue weighted by molar-refractivity contribution is -0.127. The van der Waals surface area contributed by atoms with Crippen LogP contribution < -0.4 is 11.1 Å². The van der Waals surface area contributed by atoms with Crippen molar-refractivity contribution in [3.05, 3.63) is 36.7 Å². The van der Waals surface area contributed by atoms with Crippen LogP contribution in [-0.4, -0.2) is 5.91 Å². The molecule has 0 aromatic heterocycles. The third-order valence-corrected chi connectivity index (χ3v) is 1.51. The normalized spacial score (nSPS) is 12.9. The molecule has 0 atom stereocenters. The van der Waals surface area contributed by atoms with E-state index in [2.05, 4.69) is 11.9 Å². The highest BCUT2D eigenvalue weighted by molar-refractivity contribution is 5.83. The van der Waals surface area contributed by atoms with Crippen LogP contribution in [0, 0.1) is 5.41 Å². The number of carbonyl (C=O) groups is 1. The van der Waals surface area contributed by atoms with Crippen molar-refractivity contribution in [2.75, 3.05) is 0 Å². The van der Waals surface area contributed by atoms with Crippen LogP contribution in [-0.2, 0) is 4.79 Å². The van der Waals surface area contributed by atoms with Crippen molar-refractivity contribution < 1.29 is 4.79 Å². The predicted molar refractivity (Wildman–Crippen MR) is 59.2 cm³/mol. The van der Waals surface area contributed by atoms with Crippen LogP contribution in [0.1, 0.15) is 20.8 Å². The predicted octanol–water partition coefficient (Wildman–Crippen LogP) is 1.69. The van der Waals surface area contributed by atoms with Crippen molar-refractivity contribution in [1.82, 2.24) is 5.32 Å². The maximum atomic E-state index is 11.6. The summed E-state index contributed by atoms with van der Waals surface area (Å²) in [4.78, 5) is 11.6. The summed E-state index contributed by atoms with van der Waals surface area (Å²) in [6, 6.07) is 0. The first-order valence-corrected chi connectivity index (χ1v) is 4.44. The number of allylic oxidation sites excluding steroid dienone is 3. The minimum atomic E-state index is -0.414. The molecule has 0 rings (SSSR count). The molecule has 0 aliphatic rings. The zero-order chi connectivity index (χ0) is 11.2. The molecular weight excluding hydrogens is 176 g/mol. The molecule has 0 aliphatic carbocycles. The van der Waals surface area contributed by atoms with Gasteiger partial charge in [-0.1, -0.05) is 33.4 Å². The van der Waals surface area contributed by atoms with Crippen molar-refractivity contribution in [2.45, 2.75) is 20.8 Å². The Labute approximate surface area is 85.4 Å². The zero-order valence-corrected chi connectivity index (χ0v) is 9.00. The largest absolute Gasteiger partial charge is 0.405 e. The van der Waals surface area contributed by atoms with E-state index in [1.54, 1.807) is 18.2 Å². The second-order valence-corrected chi connectivity index (χ2v) is 3.92. The molecule has 78 valence electrons. The number of hydrogen-bond donors (Lipinski definition) is 2. The summed E-state index contributed by atoms with van der Waals surface area (Å²) in [5, 5.41) is 2.74. The Balaban J connectivity index is 4.55. The van der Waals surface area contributed by atoms with E-state index in [0.717, 1.165) is 0 Å². The maximum Gasteiger partial charge on any atom is 0.229 e. The van der Waals surface area contributed by atoms with Gasteiger partial charge >= 0.3 is 0 Å². The van der Waals surface area contributed by atoms with E-state index in [-0.39, 0.29) is 5.91 Å². The van der Waals surface area contributed by atoms with Crippen molar-refractivity contribution >= 4 is 5.91 Å². The molecule has 14 heavy (non-hydrogen) atoms. The third-order valence-electron chi connectivity index (χ3n) is 1.51. The van der Waals surface area contributed by atoms with Gasteiger partial charge in [-0.2, -0.15) is 0 Å². The van der Waals surface area contributed by atoms with Gasteiger partial charge in [-0.3, -0.25) is 4.79 Å². The van der Waals surface area contributed by atoms with Crippen molar-refractivity contribution in [3.8, 4) is 0 Å². The molecule has 3 N–H and O–H groups in total. The SMILES string of the molecule is C=C/C=C(\C=C/N)NC(=O)C(C)(C)C. The molecule has 0 heterocycles. The quantitative estimate of drug-likeness (QED) is 0.672. The molecule has 3 nitrogen and oxygen atoms in total. The van der Waals surface area contributed by atoms with E-state index in [9.17, 15) is 4.79 Å². The highest BCUT2D eigenvalue weighted by Crippen LogP contribution is 2.13. The van der Waals surface area contributed by atoms with Gasteiger partial charge in [0.25, 0.3) is 0 Å². The van der Waals surface area contributed by atoms with Gasteiger partial charge in [0, 0.05) is 11.1 Å². The molecule has 0 spiro atoms. The molecule has 0 aromatic carbocycles. The van der Waals surface area contributed by atoms with Crippen molar-refractivity contribution in [2.24, 2.45) is 11.1 Å². The van der Waals surface area contributed by atoms with Crippen molar-refractivity contribution in [3.63, 3.8) is 0 Å². The molecule has 0 unspecified atom stereocenters. The zero-order valence-electron chi connectivity index (χ0n) is 9.00. The Morgan fingerprint density at radius 1 is 1.43 bits per heavy atom. The van der Waals surface area contributed by atoms with Crippen LogP contribution in [0.5, 0.6) is 0 Å². The standard InChI is InChI=1S/C11H18N2O/c1-5-6-9(7-8-12)13-10(14)11(2,3)4/h5-8H,1,12H2,2-4H3,(H,13,14)/b8-7-,9-6+. The van der Waals surface area contributed by atoms with E-state index in [1.807, 2.05) is 20.8 Å². The average Bonchev–Trinajstić information content (AvgIpc) is 2.03. The van der Waals surface area contributed by atoms with Crippen LogP contribution in [0.25, 0.3) is 0 Å². The summed E-state index contributed by atoms with van der Waals surface area (Å²) >= 11 is 0. The molecule has 0 fully saturated rings. The molecule has 0 aromatic rings. The smallest absolute Gasteiger partial charge is 0.229 e. The number of carbonyl (C=O) groups excluding carboxylic acids is 1. The second-order valence-electron chi connectivity index (χ2n) is 3.92. The van der Waals surface area contributed by atoms with Gasteiger partial charge in [0.2, 0.25) is 5.91 Å². The first kappa shape index (κ1) is 12.5. The average molecular weight is 194 g/mol. The van der Waals surface area contributed by atoms with Crippen molar-refractivity contribution in [1.29, 1.82) is 0 Å². The van der Waals surface area contributed by atoms with E-state index >= 15 is 0 Å².